The van der Waals surface area contributed by atoms with E-state index in [4.69, 9.17) is 4.74 Å². The number of anilines is 2. The molecule has 1 aliphatic heterocycles. The zero-order valence-corrected chi connectivity index (χ0v) is 13.6. The van der Waals surface area contributed by atoms with Crippen LogP contribution in [0, 0.1) is 5.82 Å². The maximum absolute atomic E-state index is 13.5. The summed E-state index contributed by atoms with van der Waals surface area (Å²) in [6.45, 7) is 1.96. The number of fused-ring (bicyclic) bond motifs is 1. The summed E-state index contributed by atoms with van der Waals surface area (Å²) in [6.07, 6.45) is -0.153. The van der Waals surface area contributed by atoms with Gasteiger partial charge in [-0.15, -0.1) is 0 Å². The van der Waals surface area contributed by atoms with E-state index < -0.39 is 12.1 Å². The fourth-order valence-corrected chi connectivity index (χ4v) is 2.47. The van der Waals surface area contributed by atoms with Gasteiger partial charge in [0, 0.05) is 12.2 Å². The van der Waals surface area contributed by atoms with E-state index in [1.807, 2.05) is 0 Å². The van der Waals surface area contributed by atoms with E-state index in [1.54, 1.807) is 43.3 Å². The zero-order chi connectivity index (χ0) is 17.8. The average Bonchev–Trinajstić information content (AvgIpc) is 2.58. The summed E-state index contributed by atoms with van der Waals surface area (Å²) in [5.74, 6) is 0.0287. The van der Waals surface area contributed by atoms with Gasteiger partial charge in [0.1, 0.15) is 11.6 Å². The molecule has 2 aromatic rings. The number of amides is 3. The van der Waals surface area contributed by atoms with Gasteiger partial charge in [0.05, 0.1) is 5.69 Å². The van der Waals surface area contributed by atoms with Crippen LogP contribution in [0.15, 0.2) is 42.5 Å². The summed E-state index contributed by atoms with van der Waals surface area (Å²) in [4.78, 5) is 23.6. The summed E-state index contributed by atoms with van der Waals surface area (Å²) in [5.41, 5.74) is 1.57. The van der Waals surface area contributed by atoms with Gasteiger partial charge >= 0.3 is 6.03 Å². The van der Waals surface area contributed by atoms with Crippen molar-refractivity contribution < 1.29 is 18.7 Å². The van der Waals surface area contributed by atoms with Crippen molar-refractivity contribution in [1.82, 2.24) is 5.32 Å². The maximum Gasteiger partial charge on any atom is 0.319 e. The van der Waals surface area contributed by atoms with Crippen molar-refractivity contribution in [3.05, 3.63) is 53.8 Å². The SMILES string of the molecule is CC1Oc2ccc(NC(=O)NCCc3ccccc3F)cc2NC1=O. The molecule has 1 aliphatic rings. The lowest BCUT2D eigenvalue weighted by atomic mass is 10.1. The Morgan fingerprint density at radius 3 is 2.88 bits per heavy atom. The Labute approximate surface area is 144 Å². The molecule has 1 atom stereocenters. The Kier molecular flexibility index (Phi) is 4.83. The van der Waals surface area contributed by atoms with Crippen LogP contribution in [0.25, 0.3) is 0 Å². The van der Waals surface area contributed by atoms with E-state index in [0.29, 0.717) is 35.7 Å². The maximum atomic E-state index is 13.5. The first-order valence-corrected chi connectivity index (χ1v) is 7.93. The molecule has 1 unspecified atom stereocenters. The van der Waals surface area contributed by atoms with Gasteiger partial charge < -0.3 is 20.7 Å². The first-order valence-electron chi connectivity index (χ1n) is 7.93. The van der Waals surface area contributed by atoms with Crippen molar-refractivity contribution in [2.75, 3.05) is 17.2 Å². The molecule has 2 aromatic carbocycles. The number of urea groups is 1. The number of carbonyl (C=O) groups excluding carboxylic acids is 2. The highest BCUT2D eigenvalue weighted by Gasteiger charge is 2.23. The van der Waals surface area contributed by atoms with Gasteiger partial charge in [0.2, 0.25) is 0 Å². The third-order valence-electron chi connectivity index (χ3n) is 3.81. The van der Waals surface area contributed by atoms with Crippen LogP contribution in [-0.4, -0.2) is 24.6 Å². The highest BCUT2D eigenvalue weighted by atomic mass is 19.1. The number of halogens is 1. The summed E-state index contributed by atoms with van der Waals surface area (Å²) in [6, 6.07) is 11.0. The molecule has 0 aliphatic carbocycles. The van der Waals surface area contributed by atoms with E-state index in [2.05, 4.69) is 16.0 Å². The molecular formula is C18H18FN3O3. The van der Waals surface area contributed by atoms with Gasteiger partial charge in [0.25, 0.3) is 5.91 Å². The molecule has 130 valence electrons. The molecule has 3 rings (SSSR count). The molecule has 0 fully saturated rings. The summed E-state index contributed by atoms with van der Waals surface area (Å²) in [5, 5.41) is 8.05. The molecule has 7 heteroatoms. The first-order chi connectivity index (χ1) is 12.0. The quantitative estimate of drug-likeness (QED) is 0.799. The van der Waals surface area contributed by atoms with E-state index in [9.17, 15) is 14.0 Å². The molecule has 25 heavy (non-hydrogen) atoms. The van der Waals surface area contributed by atoms with Crippen molar-refractivity contribution in [2.45, 2.75) is 19.4 Å². The van der Waals surface area contributed by atoms with Gasteiger partial charge in [-0.05, 0) is 43.2 Å². The normalized spacial score (nSPS) is 15.6. The van der Waals surface area contributed by atoms with Crippen LogP contribution in [0.4, 0.5) is 20.6 Å². The molecule has 0 saturated heterocycles. The predicted molar refractivity (Wildman–Crippen MR) is 92.3 cm³/mol. The second-order valence-corrected chi connectivity index (χ2v) is 5.68. The smallest absolute Gasteiger partial charge is 0.319 e. The van der Waals surface area contributed by atoms with Crippen LogP contribution < -0.4 is 20.7 Å². The topological polar surface area (TPSA) is 79.5 Å². The molecule has 3 N–H and O–H groups in total. The molecule has 0 aromatic heterocycles. The van der Waals surface area contributed by atoms with Crippen molar-refractivity contribution in [1.29, 1.82) is 0 Å². The fourth-order valence-electron chi connectivity index (χ4n) is 2.47. The lowest BCUT2D eigenvalue weighted by Crippen LogP contribution is -2.34. The Balaban J connectivity index is 1.54. The van der Waals surface area contributed by atoms with E-state index in [0.717, 1.165) is 0 Å². The molecule has 0 spiro atoms. The summed E-state index contributed by atoms with van der Waals surface area (Å²) < 4.78 is 19.0. The van der Waals surface area contributed by atoms with Crippen molar-refractivity contribution in [3.63, 3.8) is 0 Å². The zero-order valence-electron chi connectivity index (χ0n) is 13.6. The Morgan fingerprint density at radius 1 is 1.28 bits per heavy atom. The van der Waals surface area contributed by atoms with E-state index >= 15 is 0 Å². The van der Waals surface area contributed by atoms with Gasteiger partial charge in [-0.2, -0.15) is 0 Å². The van der Waals surface area contributed by atoms with Crippen LogP contribution in [-0.2, 0) is 11.2 Å². The van der Waals surface area contributed by atoms with Crippen molar-refractivity contribution in [2.24, 2.45) is 0 Å². The predicted octanol–water partition coefficient (Wildman–Crippen LogP) is 2.91. The van der Waals surface area contributed by atoms with Crippen LogP contribution in [0.1, 0.15) is 12.5 Å². The molecular weight excluding hydrogens is 325 g/mol. The fraction of sp³-hybridized carbons (Fsp3) is 0.222. The summed E-state index contributed by atoms with van der Waals surface area (Å²) in [7, 11) is 0. The lowest BCUT2D eigenvalue weighted by molar-refractivity contribution is -0.122. The standard InChI is InChI=1S/C18H18FN3O3/c1-11-17(23)22-15-10-13(6-7-16(15)25-11)21-18(24)20-9-8-12-4-2-3-5-14(12)19/h2-7,10-11H,8-9H2,1H3,(H,22,23)(H2,20,21,24). The Bertz CT molecular complexity index is 810. The molecule has 0 saturated carbocycles. The minimum absolute atomic E-state index is 0.237. The van der Waals surface area contributed by atoms with Crippen LogP contribution in [0.5, 0.6) is 5.75 Å². The second-order valence-electron chi connectivity index (χ2n) is 5.68. The van der Waals surface area contributed by atoms with E-state index in [1.165, 1.54) is 6.07 Å². The Morgan fingerprint density at radius 2 is 2.08 bits per heavy atom. The molecule has 1 heterocycles. The van der Waals surface area contributed by atoms with Gasteiger partial charge in [-0.3, -0.25) is 4.79 Å². The number of hydrogen-bond acceptors (Lipinski definition) is 3. The molecule has 3 amide bonds. The van der Waals surface area contributed by atoms with Crippen LogP contribution in [0.2, 0.25) is 0 Å². The van der Waals surface area contributed by atoms with Crippen LogP contribution in [0.3, 0.4) is 0 Å². The molecule has 6 nitrogen and oxygen atoms in total. The number of hydrogen-bond donors (Lipinski definition) is 3. The van der Waals surface area contributed by atoms with Crippen molar-refractivity contribution in [3.8, 4) is 5.75 Å². The third kappa shape index (κ3) is 4.06. The highest BCUT2D eigenvalue weighted by molar-refractivity contribution is 5.99. The number of ether oxygens (including phenoxy) is 1. The minimum Gasteiger partial charge on any atom is -0.479 e. The molecule has 0 radical (unpaired) electrons. The second kappa shape index (κ2) is 7.21. The van der Waals surface area contributed by atoms with Gasteiger partial charge in [-0.25, -0.2) is 9.18 Å². The van der Waals surface area contributed by atoms with Gasteiger partial charge in [-0.1, -0.05) is 18.2 Å². The van der Waals surface area contributed by atoms with Gasteiger partial charge in [0.15, 0.2) is 6.10 Å². The minimum atomic E-state index is -0.548. The first kappa shape index (κ1) is 16.8. The Hall–Kier alpha value is -3.09. The average molecular weight is 343 g/mol. The highest BCUT2D eigenvalue weighted by Crippen LogP contribution is 2.32. The number of nitrogens with one attached hydrogen (secondary N) is 3. The number of carbonyl (C=O) groups is 2. The molecule has 0 bridgehead atoms. The lowest BCUT2D eigenvalue weighted by Gasteiger charge is -2.23. The largest absolute Gasteiger partial charge is 0.479 e. The summed E-state index contributed by atoms with van der Waals surface area (Å²) >= 11 is 0. The van der Waals surface area contributed by atoms with E-state index in [-0.39, 0.29) is 11.7 Å². The van der Waals surface area contributed by atoms with Crippen LogP contribution >= 0.6 is 0 Å². The number of benzene rings is 2. The number of rotatable bonds is 4. The van der Waals surface area contributed by atoms with Crippen molar-refractivity contribution >= 4 is 23.3 Å². The third-order valence-corrected chi connectivity index (χ3v) is 3.81. The monoisotopic (exact) mass is 343 g/mol.